The summed E-state index contributed by atoms with van der Waals surface area (Å²) in [5, 5.41) is 4.28. The van der Waals surface area contributed by atoms with Gasteiger partial charge in [-0.3, -0.25) is 14.2 Å². The lowest BCUT2D eigenvalue weighted by Gasteiger charge is -2.19. The number of nitrogens with zero attached hydrogens (tertiary/aromatic N) is 2. The van der Waals surface area contributed by atoms with Gasteiger partial charge in [0.25, 0.3) is 11.8 Å². The second-order valence-corrected chi connectivity index (χ2v) is 9.67. The van der Waals surface area contributed by atoms with E-state index in [1.165, 1.54) is 0 Å². The quantitative estimate of drug-likeness (QED) is 0.253. The predicted molar refractivity (Wildman–Crippen MR) is 134 cm³/mol. The number of nitrogens with one attached hydrogen (secondary N) is 2. The Morgan fingerprint density at radius 2 is 1.67 bits per heavy atom. The molecule has 1 aliphatic heterocycles. The lowest BCUT2D eigenvalue weighted by atomic mass is 9.95. The van der Waals surface area contributed by atoms with Gasteiger partial charge in [0.05, 0.1) is 34.7 Å². The maximum Gasteiger partial charge on any atom is 0.493 e. The number of carbonyl (C=O) groups excluding carboxylic acids is 2. The van der Waals surface area contributed by atoms with Crippen LogP contribution in [0.15, 0.2) is 47.3 Å². The summed E-state index contributed by atoms with van der Waals surface area (Å²) in [6, 6.07) is 2.96. The van der Waals surface area contributed by atoms with Gasteiger partial charge in [-0.05, 0) is 42.5 Å². The van der Waals surface area contributed by atoms with Crippen LogP contribution < -0.4 is 16.3 Å². The zero-order valence-corrected chi connectivity index (χ0v) is 21.7. The SMILES string of the molecule is O=C(Nc1cc2c(c3c1C(c1cc(F)ccc1Cl)NC3=O)n(C(F)(F)F)c(=O)n2CCF)c1cc(F)cc(C(F)(F)F)c1. The third-order valence-corrected chi connectivity index (χ3v) is 6.96. The van der Waals surface area contributed by atoms with E-state index in [1.54, 1.807) is 0 Å². The summed E-state index contributed by atoms with van der Waals surface area (Å²) >= 11 is 6.18. The molecule has 7 nitrogen and oxygen atoms in total. The minimum atomic E-state index is -5.43. The van der Waals surface area contributed by atoms with Crippen LogP contribution in [-0.4, -0.2) is 27.6 Å². The molecule has 0 saturated heterocycles. The Kier molecular flexibility index (Phi) is 7.23. The summed E-state index contributed by atoms with van der Waals surface area (Å²) < 4.78 is 123. The number of halogens is 10. The minimum Gasteiger partial charge on any atom is -0.341 e. The lowest BCUT2D eigenvalue weighted by Crippen LogP contribution is -2.33. The van der Waals surface area contributed by atoms with Gasteiger partial charge in [0.1, 0.15) is 18.3 Å². The number of amides is 2. The van der Waals surface area contributed by atoms with Crippen molar-refractivity contribution < 1.29 is 49.1 Å². The minimum absolute atomic E-state index is 0.126. The second-order valence-electron chi connectivity index (χ2n) is 9.26. The molecule has 0 radical (unpaired) electrons. The fraction of sp³-hybridized carbons (Fsp3) is 0.192. The molecule has 2 N–H and O–H groups in total. The molecule has 0 spiro atoms. The Hall–Kier alpha value is -4.47. The van der Waals surface area contributed by atoms with Crippen molar-refractivity contribution in [3.05, 3.63) is 97.4 Å². The predicted octanol–water partition coefficient (Wildman–Crippen LogP) is 6.28. The number of aromatic nitrogens is 2. The topological polar surface area (TPSA) is 85.1 Å². The molecule has 1 unspecified atom stereocenters. The highest BCUT2D eigenvalue weighted by molar-refractivity contribution is 6.31. The Morgan fingerprint density at radius 1 is 0.977 bits per heavy atom. The van der Waals surface area contributed by atoms with E-state index < -0.39 is 104 Å². The molecule has 1 aromatic heterocycles. The molecule has 0 bridgehead atoms. The highest BCUT2D eigenvalue weighted by atomic mass is 35.5. The van der Waals surface area contributed by atoms with Crippen molar-refractivity contribution in [1.29, 1.82) is 0 Å². The Labute approximate surface area is 238 Å². The smallest absolute Gasteiger partial charge is 0.341 e. The molecule has 17 heteroatoms. The number of benzene rings is 3. The lowest BCUT2D eigenvalue weighted by molar-refractivity contribution is -0.203. The Morgan fingerprint density at radius 3 is 2.30 bits per heavy atom. The molecule has 3 aromatic carbocycles. The third kappa shape index (κ3) is 5.19. The van der Waals surface area contributed by atoms with E-state index in [1.807, 2.05) is 0 Å². The second kappa shape index (κ2) is 10.4. The van der Waals surface area contributed by atoms with Crippen LogP contribution in [0, 0.1) is 11.6 Å². The average Bonchev–Trinajstić information content (AvgIpc) is 3.39. The van der Waals surface area contributed by atoms with E-state index in [4.69, 9.17) is 11.6 Å². The van der Waals surface area contributed by atoms with Gasteiger partial charge in [-0.25, -0.2) is 22.5 Å². The first-order chi connectivity index (χ1) is 20.0. The van der Waals surface area contributed by atoms with Crippen molar-refractivity contribution in [3.8, 4) is 0 Å². The van der Waals surface area contributed by atoms with Gasteiger partial charge in [0.15, 0.2) is 0 Å². The fourth-order valence-corrected chi connectivity index (χ4v) is 5.14. The zero-order valence-electron chi connectivity index (χ0n) is 20.9. The molecule has 0 aliphatic carbocycles. The van der Waals surface area contributed by atoms with Crippen LogP contribution in [0.4, 0.5) is 45.2 Å². The first-order valence-corrected chi connectivity index (χ1v) is 12.3. The van der Waals surface area contributed by atoms with Crippen molar-refractivity contribution in [2.75, 3.05) is 12.0 Å². The van der Waals surface area contributed by atoms with Gasteiger partial charge in [-0.2, -0.15) is 13.2 Å². The van der Waals surface area contributed by atoms with Crippen molar-refractivity contribution in [2.45, 2.75) is 25.1 Å². The van der Waals surface area contributed by atoms with E-state index >= 15 is 0 Å². The third-order valence-electron chi connectivity index (χ3n) is 6.61. The van der Waals surface area contributed by atoms with Crippen LogP contribution in [0.25, 0.3) is 11.0 Å². The van der Waals surface area contributed by atoms with E-state index in [0.29, 0.717) is 16.7 Å². The van der Waals surface area contributed by atoms with Crippen molar-refractivity contribution >= 4 is 40.1 Å². The van der Waals surface area contributed by atoms with Gasteiger partial charge in [0, 0.05) is 27.4 Å². The number of fused-ring (bicyclic) bond motifs is 3. The number of rotatable bonds is 5. The Balaban J connectivity index is 1.82. The fourth-order valence-electron chi connectivity index (χ4n) is 4.92. The van der Waals surface area contributed by atoms with Gasteiger partial charge < -0.3 is 10.6 Å². The van der Waals surface area contributed by atoms with E-state index in [-0.39, 0.29) is 16.7 Å². The summed E-state index contributed by atoms with van der Waals surface area (Å²) in [6.07, 6.45) is -10.5. The molecule has 226 valence electrons. The van der Waals surface area contributed by atoms with Gasteiger partial charge in [-0.15, -0.1) is 13.2 Å². The van der Waals surface area contributed by atoms with E-state index in [0.717, 1.165) is 24.3 Å². The molecule has 4 aromatic rings. The van der Waals surface area contributed by atoms with Crippen LogP contribution in [0.2, 0.25) is 5.02 Å². The summed E-state index contributed by atoms with van der Waals surface area (Å²) in [5.74, 6) is -4.96. The van der Waals surface area contributed by atoms with Crippen LogP contribution in [0.3, 0.4) is 0 Å². The van der Waals surface area contributed by atoms with Crippen LogP contribution in [0.1, 0.15) is 43.4 Å². The monoisotopic (exact) mass is 636 g/mol. The molecular weight excluding hydrogens is 623 g/mol. The van der Waals surface area contributed by atoms with Crippen molar-refractivity contribution in [1.82, 2.24) is 14.5 Å². The number of alkyl halides is 7. The standard InChI is InChI=1S/C26H14ClF9N4O3/c27-15-2-1-12(29)8-14(15)20-18-16(37-22(41)10-5-11(25(31,32)33)7-13(30)6-10)9-17-21(19(18)23(42)38-20)40(26(34,35)36)24(43)39(17)4-3-28/h1-2,5-9,20H,3-4H2,(H,37,41)(H,38,42). The highest BCUT2D eigenvalue weighted by Gasteiger charge is 2.43. The van der Waals surface area contributed by atoms with Gasteiger partial charge in [-0.1, -0.05) is 11.6 Å². The summed E-state index contributed by atoms with van der Waals surface area (Å²) in [4.78, 5) is 39.1. The molecule has 0 saturated carbocycles. The van der Waals surface area contributed by atoms with E-state index in [2.05, 4.69) is 10.6 Å². The molecule has 43 heavy (non-hydrogen) atoms. The van der Waals surface area contributed by atoms with Gasteiger partial charge in [0.2, 0.25) is 0 Å². The first kappa shape index (κ1) is 30.0. The maximum absolute atomic E-state index is 14.2. The summed E-state index contributed by atoms with van der Waals surface area (Å²) in [7, 11) is 0. The molecule has 5 rings (SSSR count). The largest absolute Gasteiger partial charge is 0.493 e. The van der Waals surface area contributed by atoms with Crippen molar-refractivity contribution in [2.24, 2.45) is 0 Å². The van der Waals surface area contributed by atoms with E-state index in [9.17, 15) is 53.9 Å². The number of aryl methyl sites for hydroxylation is 1. The molecule has 2 amide bonds. The molecule has 0 fully saturated rings. The highest BCUT2D eigenvalue weighted by Crippen LogP contribution is 2.44. The number of anilines is 1. The zero-order chi connectivity index (χ0) is 31.6. The van der Waals surface area contributed by atoms with Crippen LogP contribution in [0.5, 0.6) is 0 Å². The number of imidazole rings is 1. The summed E-state index contributed by atoms with van der Waals surface area (Å²) in [5.41, 5.74) is -7.93. The van der Waals surface area contributed by atoms with Crippen LogP contribution >= 0.6 is 11.6 Å². The average molecular weight is 637 g/mol. The molecular formula is C26H14ClF9N4O3. The van der Waals surface area contributed by atoms with Crippen molar-refractivity contribution in [3.63, 3.8) is 0 Å². The number of hydrogen-bond donors (Lipinski definition) is 2. The molecule has 2 heterocycles. The van der Waals surface area contributed by atoms with Gasteiger partial charge >= 0.3 is 18.2 Å². The number of hydrogen-bond acceptors (Lipinski definition) is 3. The maximum atomic E-state index is 14.2. The molecule has 1 aliphatic rings. The summed E-state index contributed by atoms with van der Waals surface area (Å²) in [6.45, 7) is -2.24. The first-order valence-electron chi connectivity index (χ1n) is 11.9. The van der Waals surface area contributed by atoms with Crippen LogP contribution in [-0.2, 0) is 19.0 Å². The Bertz CT molecular complexity index is 1880. The molecule has 1 atom stereocenters. The number of carbonyl (C=O) groups is 2. The normalized spacial score (nSPS) is 15.1.